The van der Waals surface area contributed by atoms with Crippen LogP contribution in [0.2, 0.25) is 0 Å². The van der Waals surface area contributed by atoms with Crippen molar-refractivity contribution >= 4 is 5.91 Å². The van der Waals surface area contributed by atoms with Gasteiger partial charge in [-0.15, -0.1) is 0 Å². The number of carbonyl (C=O) groups excluding carboxylic acids is 1. The summed E-state index contributed by atoms with van der Waals surface area (Å²) in [6.45, 7) is -0.909. The summed E-state index contributed by atoms with van der Waals surface area (Å²) < 4.78 is 149. The van der Waals surface area contributed by atoms with Gasteiger partial charge in [-0.3, -0.25) is 4.79 Å². The predicted octanol–water partition coefficient (Wildman–Crippen LogP) is 4.24. The normalized spacial score (nSPS) is 25.7. The van der Waals surface area contributed by atoms with E-state index in [9.17, 15) is 53.1 Å². The molecule has 1 saturated carbocycles. The first-order valence-electron chi connectivity index (χ1n) is 7.40. The summed E-state index contributed by atoms with van der Waals surface area (Å²) >= 11 is 0. The van der Waals surface area contributed by atoms with Crippen LogP contribution in [0.3, 0.4) is 0 Å². The van der Waals surface area contributed by atoms with Crippen LogP contribution in [-0.2, 0) is 11.2 Å². The lowest BCUT2D eigenvalue weighted by atomic mass is 9.71. The molecule has 1 aliphatic carbocycles. The molecule has 1 fully saturated rings. The van der Waals surface area contributed by atoms with Gasteiger partial charge in [0.15, 0.2) is 0 Å². The standard InChI is InChI=1S/C15H10F11NO/c16-10(9(28)27-7-6-8-4-2-1-3-5-8)11(17,18)13(21,22)15(25,26)14(23,24)12(10,19)20/h1-5H,6-7H2,(H,27,28). The maximum Gasteiger partial charge on any atom is 0.384 e. The third-order valence-electron chi connectivity index (χ3n) is 4.30. The average Bonchev–Trinajstić information content (AvgIpc) is 2.59. The van der Waals surface area contributed by atoms with Crippen LogP contribution in [0.5, 0.6) is 0 Å². The molecule has 0 radical (unpaired) electrons. The van der Waals surface area contributed by atoms with Crippen molar-refractivity contribution in [3.8, 4) is 0 Å². The number of amides is 1. The maximum atomic E-state index is 14.4. The molecule has 0 atom stereocenters. The van der Waals surface area contributed by atoms with Gasteiger partial charge in [0.05, 0.1) is 0 Å². The number of benzene rings is 1. The Morgan fingerprint density at radius 1 is 0.679 bits per heavy atom. The number of hydrogen-bond acceptors (Lipinski definition) is 1. The monoisotopic (exact) mass is 429 g/mol. The molecule has 0 aromatic heterocycles. The largest absolute Gasteiger partial charge is 0.384 e. The molecule has 1 aliphatic rings. The van der Waals surface area contributed by atoms with Gasteiger partial charge in [-0.25, -0.2) is 4.39 Å². The fourth-order valence-corrected chi connectivity index (χ4v) is 2.59. The van der Waals surface area contributed by atoms with Gasteiger partial charge in [-0.05, 0) is 12.0 Å². The number of nitrogens with one attached hydrogen (secondary N) is 1. The first kappa shape index (κ1) is 22.2. The predicted molar refractivity (Wildman–Crippen MR) is 71.7 cm³/mol. The molecule has 1 amide bonds. The van der Waals surface area contributed by atoms with Crippen LogP contribution in [0, 0.1) is 0 Å². The third kappa shape index (κ3) is 2.43. The summed E-state index contributed by atoms with van der Waals surface area (Å²) in [6, 6.07) is 7.24. The minimum absolute atomic E-state index is 0.317. The van der Waals surface area contributed by atoms with Crippen LogP contribution in [-0.4, -0.2) is 47.7 Å². The molecule has 0 saturated heterocycles. The van der Waals surface area contributed by atoms with Gasteiger partial charge >= 0.3 is 35.3 Å². The van der Waals surface area contributed by atoms with E-state index in [0.717, 1.165) is 5.32 Å². The lowest BCUT2D eigenvalue weighted by Gasteiger charge is -2.51. The van der Waals surface area contributed by atoms with E-state index in [0.29, 0.717) is 5.56 Å². The molecule has 2 rings (SSSR count). The average molecular weight is 429 g/mol. The molecular formula is C15H10F11NO. The van der Waals surface area contributed by atoms with Crippen LogP contribution in [0.25, 0.3) is 0 Å². The molecule has 2 nitrogen and oxygen atoms in total. The Morgan fingerprint density at radius 3 is 1.50 bits per heavy atom. The maximum absolute atomic E-state index is 14.4. The van der Waals surface area contributed by atoms with E-state index in [2.05, 4.69) is 0 Å². The van der Waals surface area contributed by atoms with Gasteiger partial charge in [0, 0.05) is 6.54 Å². The Kier molecular flexibility index (Phi) is 4.93. The second-order valence-electron chi connectivity index (χ2n) is 6.02. The molecule has 13 heteroatoms. The van der Waals surface area contributed by atoms with Crippen LogP contribution in [0.4, 0.5) is 48.3 Å². The Bertz CT molecular complexity index is 718. The van der Waals surface area contributed by atoms with Gasteiger partial charge in [0.25, 0.3) is 5.91 Å². The van der Waals surface area contributed by atoms with Gasteiger partial charge in [-0.1, -0.05) is 30.3 Å². The molecule has 0 bridgehead atoms. The Morgan fingerprint density at radius 2 is 1.07 bits per heavy atom. The summed E-state index contributed by atoms with van der Waals surface area (Å²) in [5, 5.41) is 1.07. The summed E-state index contributed by atoms with van der Waals surface area (Å²) in [7, 11) is 0. The molecule has 0 heterocycles. The zero-order chi connectivity index (χ0) is 21.8. The van der Waals surface area contributed by atoms with E-state index >= 15 is 0 Å². The van der Waals surface area contributed by atoms with Gasteiger partial charge in [-0.2, -0.15) is 43.9 Å². The SMILES string of the molecule is O=C(NCCc1ccccc1)C1(F)C(F)(F)C(F)(F)C(F)(F)C(F)(F)C1(F)F. The van der Waals surface area contributed by atoms with E-state index in [1.165, 1.54) is 30.3 Å². The van der Waals surface area contributed by atoms with Crippen molar-refractivity contribution in [2.24, 2.45) is 0 Å². The molecule has 1 aromatic carbocycles. The molecule has 0 unspecified atom stereocenters. The van der Waals surface area contributed by atoms with Crippen LogP contribution in [0.1, 0.15) is 5.56 Å². The fourth-order valence-electron chi connectivity index (χ4n) is 2.59. The zero-order valence-corrected chi connectivity index (χ0v) is 13.4. The molecule has 0 spiro atoms. The quantitative estimate of drug-likeness (QED) is 0.713. The molecule has 28 heavy (non-hydrogen) atoms. The molecule has 1 N–H and O–H groups in total. The second kappa shape index (κ2) is 6.21. The van der Waals surface area contributed by atoms with Crippen LogP contribution >= 0.6 is 0 Å². The Balaban J connectivity index is 2.42. The van der Waals surface area contributed by atoms with E-state index in [1.54, 1.807) is 0 Å². The van der Waals surface area contributed by atoms with Gasteiger partial charge < -0.3 is 5.32 Å². The molecule has 1 aromatic rings. The lowest BCUT2D eigenvalue weighted by Crippen LogP contribution is -2.86. The first-order chi connectivity index (χ1) is 12.5. The minimum atomic E-state index is -7.34. The molecule has 0 aliphatic heterocycles. The number of hydrogen-bond donors (Lipinski definition) is 1. The topological polar surface area (TPSA) is 29.1 Å². The van der Waals surface area contributed by atoms with Crippen molar-refractivity contribution in [1.82, 2.24) is 5.32 Å². The second-order valence-corrected chi connectivity index (χ2v) is 6.02. The zero-order valence-electron chi connectivity index (χ0n) is 13.4. The van der Waals surface area contributed by atoms with Crippen LogP contribution in [0.15, 0.2) is 30.3 Å². The van der Waals surface area contributed by atoms with E-state index in [-0.39, 0.29) is 6.42 Å². The Labute approximate surface area is 149 Å². The number of halogens is 11. The number of carbonyl (C=O) groups is 1. The van der Waals surface area contributed by atoms with Crippen molar-refractivity contribution in [2.45, 2.75) is 41.7 Å². The van der Waals surface area contributed by atoms with Gasteiger partial charge in [0.2, 0.25) is 0 Å². The highest BCUT2D eigenvalue weighted by Crippen LogP contribution is 2.69. The first-order valence-corrected chi connectivity index (χ1v) is 7.40. The van der Waals surface area contributed by atoms with E-state index in [4.69, 9.17) is 0 Å². The summed E-state index contributed by atoms with van der Waals surface area (Å²) in [5.41, 5.74) is -6.30. The fraction of sp³-hybridized carbons (Fsp3) is 0.533. The van der Waals surface area contributed by atoms with Crippen molar-refractivity contribution in [3.63, 3.8) is 0 Å². The van der Waals surface area contributed by atoms with Crippen molar-refractivity contribution in [3.05, 3.63) is 35.9 Å². The summed E-state index contributed by atoms with van der Waals surface area (Å²) in [5.74, 6) is -39.5. The molecular weight excluding hydrogens is 419 g/mol. The van der Waals surface area contributed by atoms with Crippen molar-refractivity contribution in [1.29, 1.82) is 0 Å². The lowest BCUT2D eigenvalue weighted by molar-refractivity contribution is -0.476. The van der Waals surface area contributed by atoms with Crippen molar-refractivity contribution in [2.75, 3.05) is 6.54 Å². The highest BCUT2D eigenvalue weighted by Gasteiger charge is 3.02. The minimum Gasteiger partial charge on any atom is -0.353 e. The van der Waals surface area contributed by atoms with E-state index < -0.39 is 47.7 Å². The van der Waals surface area contributed by atoms with Crippen LogP contribution < -0.4 is 5.32 Å². The summed E-state index contributed by atoms with van der Waals surface area (Å²) in [6.07, 6.45) is -0.317. The van der Waals surface area contributed by atoms with Gasteiger partial charge in [0.1, 0.15) is 0 Å². The molecule has 158 valence electrons. The highest BCUT2D eigenvalue weighted by molar-refractivity contribution is 5.88. The highest BCUT2D eigenvalue weighted by atomic mass is 19.4. The third-order valence-corrected chi connectivity index (χ3v) is 4.30. The summed E-state index contributed by atoms with van der Waals surface area (Å²) in [4.78, 5) is 11.6. The Hall–Kier alpha value is -2.08. The number of alkyl halides is 11. The number of rotatable bonds is 4. The smallest absolute Gasteiger partial charge is 0.353 e. The van der Waals surface area contributed by atoms with E-state index in [1.807, 2.05) is 0 Å². The van der Waals surface area contributed by atoms with Crippen molar-refractivity contribution < 1.29 is 53.1 Å².